The molecule has 6 heteroatoms. The monoisotopic (exact) mass is 380 g/mol. The SMILES string of the molecule is COc1cccc(-c2ccccc2NC(=O)N2CCN([C@H]3CCNC3)CC2)c1. The number of hydrogen-bond acceptors (Lipinski definition) is 4. The summed E-state index contributed by atoms with van der Waals surface area (Å²) in [7, 11) is 1.66. The van der Waals surface area contributed by atoms with E-state index in [0.29, 0.717) is 6.04 Å². The fraction of sp³-hybridized carbons (Fsp3) is 0.409. The number of carbonyl (C=O) groups is 1. The molecular weight excluding hydrogens is 352 g/mol. The van der Waals surface area contributed by atoms with Crippen LogP contribution in [0.1, 0.15) is 6.42 Å². The second-order valence-corrected chi connectivity index (χ2v) is 7.38. The number of ether oxygens (including phenoxy) is 1. The lowest BCUT2D eigenvalue weighted by Gasteiger charge is -2.37. The molecule has 2 aliphatic rings. The van der Waals surface area contributed by atoms with Gasteiger partial charge in [0.1, 0.15) is 5.75 Å². The van der Waals surface area contributed by atoms with E-state index in [4.69, 9.17) is 4.74 Å². The first-order valence-corrected chi connectivity index (χ1v) is 9.99. The van der Waals surface area contributed by atoms with E-state index in [1.54, 1.807) is 7.11 Å². The quantitative estimate of drug-likeness (QED) is 0.856. The number of benzene rings is 2. The summed E-state index contributed by atoms with van der Waals surface area (Å²) in [6.45, 7) is 5.59. The van der Waals surface area contributed by atoms with Crippen LogP contribution in [0, 0.1) is 0 Å². The molecule has 0 aromatic heterocycles. The topological polar surface area (TPSA) is 56.8 Å². The molecule has 2 aliphatic heterocycles. The maximum atomic E-state index is 12.9. The average molecular weight is 380 g/mol. The number of para-hydroxylation sites is 1. The highest BCUT2D eigenvalue weighted by atomic mass is 16.5. The third-order valence-electron chi connectivity index (χ3n) is 5.70. The molecule has 2 saturated heterocycles. The molecule has 2 amide bonds. The Labute approximate surface area is 166 Å². The van der Waals surface area contributed by atoms with Crippen molar-refractivity contribution in [2.75, 3.05) is 51.7 Å². The third-order valence-corrected chi connectivity index (χ3v) is 5.70. The fourth-order valence-corrected chi connectivity index (χ4v) is 4.07. The van der Waals surface area contributed by atoms with Gasteiger partial charge in [-0.25, -0.2) is 4.79 Å². The Morgan fingerprint density at radius 2 is 1.93 bits per heavy atom. The molecule has 6 nitrogen and oxygen atoms in total. The molecule has 4 rings (SSSR count). The van der Waals surface area contributed by atoms with Gasteiger partial charge in [0.15, 0.2) is 0 Å². The Bertz CT molecular complexity index is 812. The molecule has 0 radical (unpaired) electrons. The lowest BCUT2D eigenvalue weighted by atomic mass is 10.0. The Hall–Kier alpha value is -2.57. The van der Waals surface area contributed by atoms with Gasteiger partial charge in [-0.15, -0.1) is 0 Å². The normalized spacial score (nSPS) is 20.2. The summed E-state index contributed by atoms with van der Waals surface area (Å²) < 4.78 is 5.34. The number of carbonyl (C=O) groups excluding carboxylic acids is 1. The third kappa shape index (κ3) is 4.13. The molecule has 2 N–H and O–H groups in total. The van der Waals surface area contributed by atoms with Crippen molar-refractivity contribution in [3.05, 3.63) is 48.5 Å². The van der Waals surface area contributed by atoms with Gasteiger partial charge >= 0.3 is 6.03 Å². The van der Waals surface area contributed by atoms with Gasteiger partial charge in [-0.1, -0.05) is 30.3 Å². The first kappa shape index (κ1) is 18.8. The van der Waals surface area contributed by atoms with Crippen LogP contribution in [0.25, 0.3) is 11.1 Å². The number of nitrogens with one attached hydrogen (secondary N) is 2. The van der Waals surface area contributed by atoms with E-state index in [1.165, 1.54) is 6.42 Å². The molecule has 2 fully saturated rings. The van der Waals surface area contributed by atoms with Crippen LogP contribution in [0.2, 0.25) is 0 Å². The first-order valence-electron chi connectivity index (χ1n) is 9.99. The summed E-state index contributed by atoms with van der Waals surface area (Å²) in [4.78, 5) is 17.3. The molecule has 2 aromatic carbocycles. The average Bonchev–Trinajstić information content (AvgIpc) is 3.29. The Balaban J connectivity index is 1.42. The number of urea groups is 1. The van der Waals surface area contributed by atoms with Gasteiger partial charge in [0.2, 0.25) is 0 Å². The number of methoxy groups -OCH3 is 1. The van der Waals surface area contributed by atoms with E-state index in [-0.39, 0.29) is 6.03 Å². The molecule has 0 bridgehead atoms. The Morgan fingerprint density at radius 3 is 2.68 bits per heavy atom. The molecule has 0 aliphatic carbocycles. The van der Waals surface area contributed by atoms with Crippen LogP contribution in [0.4, 0.5) is 10.5 Å². The number of nitrogens with zero attached hydrogens (tertiary/aromatic N) is 2. The van der Waals surface area contributed by atoms with E-state index in [1.807, 2.05) is 53.4 Å². The van der Waals surface area contributed by atoms with E-state index < -0.39 is 0 Å². The first-order chi connectivity index (χ1) is 13.7. The highest BCUT2D eigenvalue weighted by molar-refractivity contribution is 5.94. The van der Waals surface area contributed by atoms with Crippen molar-refractivity contribution in [3.8, 4) is 16.9 Å². The van der Waals surface area contributed by atoms with Crippen LogP contribution in [0.3, 0.4) is 0 Å². The second kappa shape index (κ2) is 8.63. The van der Waals surface area contributed by atoms with Crippen molar-refractivity contribution in [1.82, 2.24) is 15.1 Å². The lowest BCUT2D eigenvalue weighted by molar-refractivity contribution is 0.119. The molecule has 0 spiro atoms. The minimum Gasteiger partial charge on any atom is -0.497 e. The zero-order valence-electron chi connectivity index (χ0n) is 16.4. The summed E-state index contributed by atoms with van der Waals surface area (Å²) in [6.07, 6.45) is 1.21. The van der Waals surface area contributed by atoms with Crippen molar-refractivity contribution in [2.45, 2.75) is 12.5 Å². The molecule has 148 valence electrons. The van der Waals surface area contributed by atoms with Crippen molar-refractivity contribution in [3.63, 3.8) is 0 Å². The number of anilines is 1. The van der Waals surface area contributed by atoms with E-state index in [0.717, 1.165) is 61.8 Å². The fourth-order valence-electron chi connectivity index (χ4n) is 4.07. The predicted molar refractivity (Wildman–Crippen MR) is 112 cm³/mol. The molecule has 2 heterocycles. The minimum atomic E-state index is -0.0282. The standard InChI is InChI=1S/C22H28N4O2/c1-28-19-6-4-5-17(15-19)20-7-2-3-8-21(20)24-22(27)26-13-11-25(12-14-26)18-9-10-23-16-18/h2-8,15,18,23H,9-14,16H2,1H3,(H,24,27)/t18-/m0/s1. The summed E-state index contributed by atoms with van der Waals surface area (Å²) in [5.41, 5.74) is 2.84. The maximum absolute atomic E-state index is 12.9. The van der Waals surface area contributed by atoms with Gasteiger partial charge in [-0.05, 0) is 36.7 Å². The zero-order valence-corrected chi connectivity index (χ0v) is 16.4. The van der Waals surface area contributed by atoms with Gasteiger partial charge in [0.05, 0.1) is 12.8 Å². The van der Waals surface area contributed by atoms with E-state index in [9.17, 15) is 4.79 Å². The lowest BCUT2D eigenvalue weighted by Crippen LogP contribution is -2.53. The van der Waals surface area contributed by atoms with Crippen molar-refractivity contribution in [2.24, 2.45) is 0 Å². The number of amides is 2. The highest BCUT2D eigenvalue weighted by Gasteiger charge is 2.28. The molecule has 28 heavy (non-hydrogen) atoms. The van der Waals surface area contributed by atoms with Gasteiger partial charge in [-0.2, -0.15) is 0 Å². The van der Waals surface area contributed by atoms with Crippen LogP contribution in [-0.4, -0.2) is 68.3 Å². The highest BCUT2D eigenvalue weighted by Crippen LogP contribution is 2.30. The number of hydrogen-bond donors (Lipinski definition) is 2. The summed E-state index contributed by atoms with van der Waals surface area (Å²) >= 11 is 0. The van der Waals surface area contributed by atoms with E-state index >= 15 is 0 Å². The summed E-state index contributed by atoms with van der Waals surface area (Å²) in [5, 5.41) is 6.54. The van der Waals surface area contributed by atoms with Crippen LogP contribution in [0.15, 0.2) is 48.5 Å². The Kier molecular flexibility index (Phi) is 5.78. The number of rotatable bonds is 4. The van der Waals surface area contributed by atoms with E-state index in [2.05, 4.69) is 15.5 Å². The van der Waals surface area contributed by atoms with Gasteiger partial charge in [0.25, 0.3) is 0 Å². The number of piperazine rings is 1. The summed E-state index contributed by atoms with van der Waals surface area (Å²) in [6, 6.07) is 16.4. The Morgan fingerprint density at radius 1 is 1.11 bits per heavy atom. The zero-order chi connectivity index (χ0) is 19.3. The maximum Gasteiger partial charge on any atom is 0.321 e. The predicted octanol–water partition coefficient (Wildman–Crippen LogP) is 2.87. The van der Waals surface area contributed by atoms with Crippen LogP contribution >= 0.6 is 0 Å². The summed E-state index contributed by atoms with van der Waals surface area (Å²) in [5.74, 6) is 0.802. The largest absolute Gasteiger partial charge is 0.497 e. The van der Waals surface area contributed by atoms with Crippen LogP contribution in [-0.2, 0) is 0 Å². The molecule has 1 atom stereocenters. The van der Waals surface area contributed by atoms with Crippen LogP contribution in [0.5, 0.6) is 5.75 Å². The van der Waals surface area contributed by atoms with Gasteiger partial charge in [0, 0.05) is 44.3 Å². The van der Waals surface area contributed by atoms with Crippen LogP contribution < -0.4 is 15.4 Å². The smallest absolute Gasteiger partial charge is 0.321 e. The molecule has 0 saturated carbocycles. The minimum absolute atomic E-state index is 0.0282. The van der Waals surface area contributed by atoms with Gasteiger partial charge < -0.3 is 20.3 Å². The van der Waals surface area contributed by atoms with Crippen molar-refractivity contribution in [1.29, 1.82) is 0 Å². The molecular formula is C22H28N4O2. The van der Waals surface area contributed by atoms with Gasteiger partial charge in [-0.3, -0.25) is 4.90 Å². The molecule has 0 unspecified atom stereocenters. The van der Waals surface area contributed by atoms with Crippen molar-refractivity contribution >= 4 is 11.7 Å². The molecule has 2 aromatic rings. The second-order valence-electron chi connectivity index (χ2n) is 7.38. The van der Waals surface area contributed by atoms with Crippen molar-refractivity contribution < 1.29 is 9.53 Å².